The molecule has 0 bridgehead atoms. The summed E-state index contributed by atoms with van der Waals surface area (Å²) in [5, 5.41) is 5.15. The van der Waals surface area contributed by atoms with Crippen LogP contribution in [-0.2, 0) is 29.0 Å². The van der Waals surface area contributed by atoms with Gasteiger partial charge in [-0.2, -0.15) is 0 Å². The molecule has 0 fully saturated rings. The van der Waals surface area contributed by atoms with E-state index in [1.807, 2.05) is 37.3 Å². The molecule has 2 aromatic carbocycles. The lowest BCUT2D eigenvalue weighted by Gasteiger charge is -2.27. The number of carbonyl (C=O) groups excluding carboxylic acids is 2. The van der Waals surface area contributed by atoms with Gasteiger partial charge in [-0.05, 0) is 56.0 Å². The summed E-state index contributed by atoms with van der Waals surface area (Å²) in [5.74, 6) is -0.531. The molecule has 3 heterocycles. The van der Waals surface area contributed by atoms with Crippen LogP contribution < -0.4 is 5.32 Å². The molecule has 5 rings (SSSR count). The number of amides is 1. The van der Waals surface area contributed by atoms with Crippen LogP contribution in [0.4, 0.5) is 5.00 Å². The lowest BCUT2D eigenvalue weighted by Crippen LogP contribution is -2.30. The van der Waals surface area contributed by atoms with Gasteiger partial charge in [0.2, 0.25) is 5.91 Å². The average Bonchev–Trinajstić information content (AvgIpc) is 3.26. The maximum atomic E-state index is 13.3. The molecular formula is C30H31N3O3S2. The number of fused-ring (bicyclic) bond motifs is 2. The number of rotatable bonds is 8. The third kappa shape index (κ3) is 5.77. The lowest BCUT2D eigenvalue weighted by atomic mass is 10.0. The normalized spacial score (nSPS) is 14.2. The molecule has 1 atom stereocenters. The number of anilines is 1. The number of thiophene rings is 1. The fourth-order valence-electron chi connectivity index (χ4n) is 4.77. The van der Waals surface area contributed by atoms with Gasteiger partial charge in [-0.15, -0.1) is 11.3 Å². The number of aryl methyl sites for hydroxylation is 1. The van der Waals surface area contributed by atoms with Crippen molar-refractivity contribution in [1.82, 2.24) is 9.88 Å². The predicted molar refractivity (Wildman–Crippen MR) is 155 cm³/mol. The van der Waals surface area contributed by atoms with Crippen LogP contribution in [0, 0.1) is 6.92 Å². The van der Waals surface area contributed by atoms with Gasteiger partial charge >= 0.3 is 5.97 Å². The van der Waals surface area contributed by atoms with Crippen molar-refractivity contribution in [2.75, 3.05) is 18.5 Å². The molecule has 0 aliphatic carbocycles. The molecule has 0 spiro atoms. The minimum Gasteiger partial charge on any atom is -0.462 e. The summed E-state index contributed by atoms with van der Waals surface area (Å²) in [6.45, 7) is 8.44. The summed E-state index contributed by atoms with van der Waals surface area (Å²) >= 11 is 2.91. The highest BCUT2D eigenvalue weighted by atomic mass is 32.2. The Morgan fingerprint density at radius 1 is 1.16 bits per heavy atom. The van der Waals surface area contributed by atoms with Crippen molar-refractivity contribution in [2.24, 2.45) is 0 Å². The van der Waals surface area contributed by atoms with Crippen molar-refractivity contribution >= 4 is 50.9 Å². The Labute approximate surface area is 231 Å². The standard InChI is InChI=1S/C30H31N3O3S2/c1-4-36-30(35)27-23-14-15-33(17-21-10-6-5-7-11-21)18-25(23)38-29(27)32-28(34)20(3)37-26-16-19(2)22-12-8-9-13-24(22)31-26/h5-13,16,20H,4,14-15,17-18H2,1-3H3,(H,32,34). The number of nitrogens with one attached hydrogen (secondary N) is 1. The van der Waals surface area contributed by atoms with Gasteiger partial charge in [0.05, 0.1) is 28.0 Å². The van der Waals surface area contributed by atoms with E-state index in [0.717, 1.165) is 58.0 Å². The molecule has 0 radical (unpaired) electrons. The van der Waals surface area contributed by atoms with Crippen LogP contribution in [0.1, 0.15) is 45.8 Å². The van der Waals surface area contributed by atoms with Crippen molar-refractivity contribution in [3.8, 4) is 0 Å². The molecule has 2 aromatic heterocycles. The molecule has 38 heavy (non-hydrogen) atoms. The van der Waals surface area contributed by atoms with Crippen molar-refractivity contribution in [2.45, 2.75) is 50.6 Å². The van der Waals surface area contributed by atoms with Crippen LogP contribution in [0.2, 0.25) is 0 Å². The van der Waals surface area contributed by atoms with Crippen LogP contribution in [0.25, 0.3) is 10.9 Å². The average molecular weight is 546 g/mol. The maximum Gasteiger partial charge on any atom is 0.341 e. The number of ether oxygens (including phenoxy) is 1. The van der Waals surface area contributed by atoms with E-state index in [1.165, 1.54) is 28.7 Å². The van der Waals surface area contributed by atoms with Crippen LogP contribution in [-0.4, -0.2) is 40.2 Å². The molecule has 0 saturated carbocycles. The molecule has 196 valence electrons. The highest BCUT2D eigenvalue weighted by Crippen LogP contribution is 2.38. The van der Waals surface area contributed by atoms with E-state index in [0.29, 0.717) is 10.6 Å². The second kappa shape index (κ2) is 11.7. The number of para-hydroxylation sites is 1. The molecular weight excluding hydrogens is 514 g/mol. The van der Waals surface area contributed by atoms with E-state index in [-0.39, 0.29) is 18.5 Å². The molecule has 6 nitrogen and oxygen atoms in total. The highest BCUT2D eigenvalue weighted by molar-refractivity contribution is 8.00. The Bertz CT molecular complexity index is 1470. The van der Waals surface area contributed by atoms with Gasteiger partial charge in [0.25, 0.3) is 0 Å². The monoisotopic (exact) mass is 545 g/mol. The maximum absolute atomic E-state index is 13.3. The summed E-state index contributed by atoms with van der Waals surface area (Å²) in [6.07, 6.45) is 0.743. The predicted octanol–water partition coefficient (Wildman–Crippen LogP) is 6.46. The number of benzene rings is 2. The van der Waals surface area contributed by atoms with E-state index in [9.17, 15) is 9.59 Å². The summed E-state index contributed by atoms with van der Waals surface area (Å²) in [7, 11) is 0. The summed E-state index contributed by atoms with van der Waals surface area (Å²) in [6, 6.07) is 20.4. The zero-order chi connectivity index (χ0) is 26.6. The summed E-state index contributed by atoms with van der Waals surface area (Å²) < 4.78 is 5.39. The van der Waals surface area contributed by atoms with Gasteiger partial charge in [0.15, 0.2) is 0 Å². The number of esters is 1. The second-order valence-electron chi connectivity index (χ2n) is 9.42. The first-order chi connectivity index (χ1) is 18.4. The van der Waals surface area contributed by atoms with Gasteiger partial charge in [-0.3, -0.25) is 9.69 Å². The number of hydrogen-bond acceptors (Lipinski definition) is 7. The van der Waals surface area contributed by atoms with Crippen LogP contribution >= 0.6 is 23.1 Å². The molecule has 1 unspecified atom stereocenters. The second-order valence-corrected chi connectivity index (χ2v) is 11.9. The molecule has 1 amide bonds. The van der Waals surface area contributed by atoms with Crippen LogP contribution in [0.3, 0.4) is 0 Å². The molecule has 0 saturated heterocycles. The molecule has 1 aliphatic rings. The van der Waals surface area contributed by atoms with Crippen LogP contribution in [0.15, 0.2) is 65.7 Å². The van der Waals surface area contributed by atoms with E-state index in [1.54, 1.807) is 6.92 Å². The minimum absolute atomic E-state index is 0.159. The molecule has 8 heteroatoms. The number of pyridine rings is 1. The Morgan fingerprint density at radius 3 is 2.71 bits per heavy atom. The molecule has 1 aliphatic heterocycles. The Morgan fingerprint density at radius 2 is 1.92 bits per heavy atom. The number of carbonyl (C=O) groups is 2. The van der Waals surface area contributed by atoms with Gasteiger partial charge in [0, 0.05) is 29.9 Å². The van der Waals surface area contributed by atoms with E-state index in [4.69, 9.17) is 9.72 Å². The number of hydrogen-bond donors (Lipinski definition) is 1. The summed E-state index contributed by atoms with van der Waals surface area (Å²) in [4.78, 5) is 34.5. The summed E-state index contributed by atoms with van der Waals surface area (Å²) in [5.41, 5.74) is 4.81. The first-order valence-corrected chi connectivity index (χ1v) is 14.5. The lowest BCUT2D eigenvalue weighted by molar-refractivity contribution is -0.115. The fourth-order valence-corrected chi connectivity index (χ4v) is 6.97. The van der Waals surface area contributed by atoms with Gasteiger partial charge < -0.3 is 10.1 Å². The first kappa shape index (κ1) is 26.4. The van der Waals surface area contributed by atoms with Crippen molar-refractivity contribution in [3.63, 3.8) is 0 Å². The van der Waals surface area contributed by atoms with E-state index >= 15 is 0 Å². The zero-order valence-electron chi connectivity index (χ0n) is 21.8. The van der Waals surface area contributed by atoms with Crippen molar-refractivity contribution < 1.29 is 14.3 Å². The number of nitrogens with zero attached hydrogens (tertiary/aromatic N) is 2. The largest absolute Gasteiger partial charge is 0.462 e. The Kier molecular flexibility index (Phi) is 8.12. The zero-order valence-corrected chi connectivity index (χ0v) is 23.5. The fraction of sp³-hybridized carbons (Fsp3) is 0.300. The third-order valence-electron chi connectivity index (χ3n) is 6.67. The number of aromatic nitrogens is 1. The van der Waals surface area contributed by atoms with Crippen molar-refractivity contribution in [1.29, 1.82) is 0 Å². The van der Waals surface area contributed by atoms with E-state index < -0.39 is 5.25 Å². The third-order valence-corrected chi connectivity index (χ3v) is 8.82. The number of thioether (sulfide) groups is 1. The molecule has 1 N–H and O–H groups in total. The topological polar surface area (TPSA) is 71.5 Å². The molecule has 4 aromatic rings. The highest BCUT2D eigenvalue weighted by Gasteiger charge is 2.30. The minimum atomic E-state index is -0.396. The van der Waals surface area contributed by atoms with Gasteiger partial charge in [-0.25, -0.2) is 9.78 Å². The SMILES string of the molecule is CCOC(=O)c1c(NC(=O)C(C)Sc2cc(C)c3ccccc3n2)sc2c1CCN(Cc1ccccc1)C2. The smallest absolute Gasteiger partial charge is 0.341 e. The van der Waals surface area contributed by atoms with Crippen molar-refractivity contribution in [3.05, 3.63) is 87.8 Å². The first-order valence-electron chi connectivity index (χ1n) is 12.8. The van der Waals surface area contributed by atoms with Gasteiger partial charge in [0.1, 0.15) is 5.00 Å². The quantitative estimate of drug-likeness (QED) is 0.202. The Balaban J connectivity index is 1.34. The van der Waals surface area contributed by atoms with Crippen LogP contribution in [0.5, 0.6) is 0 Å². The Hall–Kier alpha value is -3.20. The van der Waals surface area contributed by atoms with Gasteiger partial charge in [-0.1, -0.05) is 60.3 Å². The van der Waals surface area contributed by atoms with E-state index in [2.05, 4.69) is 47.5 Å².